The molecule has 19 heavy (non-hydrogen) atoms. The second-order valence-corrected chi connectivity index (χ2v) is 6.00. The van der Waals surface area contributed by atoms with Crippen molar-refractivity contribution < 1.29 is 4.79 Å². The molecule has 0 saturated carbocycles. The summed E-state index contributed by atoms with van der Waals surface area (Å²) < 4.78 is 0. The van der Waals surface area contributed by atoms with Gasteiger partial charge in [-0.25, -0.2) is 0 Å². The van der Waals surface area contributed by atoms with Crippen LogP contribution in [-0.2, 0) is 4.79 Å². The highest BCUT2D eigenvalue weighted by atomic mass is 16.1. The molecule has 0 aromatic rings. The van der Waals surface area contributed by atoms with Gasteiger partial charge < -0.3 is 10.6 Å². The van der Waals surface area contributed by atoms with Crippen LogP contribution in [-0.4, -0.2) is 29.9 Å². The standard InChI is InChI=1S/C16H26N2O/c1-14-8-3-6-12-18(14)13-7-11-16(15(17)19)9-4-2-5-10-16/h2,4-5,9,14H,3,6-8,10-13H2,1H3,(H2,17,19). The van der Waals surface area contributed by atoms with Crippen molar-refractivity contribution in [1.82, 2.24) is 4.90 Å². The first kappa shape index (κ1) is 14.3. The van der Waals surface area contributed by atoms with Gasteiger partial charge in [0, 0.05) is 6.04 Å². The van der Waals surface area contributed by atoms with Crippen LogP contribution < -0.4 is 5.73 Å². The van der Waals surface area contributed by atoms with Crippen LogP contribution in [0.4, 0.5) is 0 Å². The lowest BCUT2D eigenvalue weighted by molar-refractivity contribution is -0.125. The zero-order valence-corrected chi connectivity index (χ0v) is 12.0. The van der Waals surface area contributed by atoms with E-state index >= 15 is 0 Å². The summed E-state index contributed by atoms with van der Waals surface area (Å²) in [4.78, 5) is 14.3. The predicted molar refractivity (Wildman–Crippen MR) is 78.6 cm³/mol. The Morgan fingerprint density at radius 1 is 1.42 bits per heavy atom. The van der Waals surface area contributed by atoms with E-state index in [1.165, 1.54) is 25.8 Å². The van der Waals surface area contributed by atoms with Crippen molar-refractivity contribution in [3.05, 3.63) is 24.3 Å². The first-order valence-corrected chi connectivity index (χ1v) is 7.52. The molecule has 0 aromatic heterocycles. The maximum absolute atomic E-state index is 11.7. The Balaban J connectivity index is 1.84. The minimum atomic E-state index is -0.437. The molecule has 3 heteroatoms. The number of likely N-dealkylation sites (tertiary alicyclic amines) is 1. The fourth-order valence-electron chi connectivity index (χ4n) is 3.24. The number of nitrogens with zero attached hydrogens (tertiary/aromatic N) is 1. The summed E-state index contributed by atoms with van der Waals surface area (Å²) in [6.07, 6.45) is 14.6. The lowest BCUT2D eigenvalue weighted by atomic mass is 9.77. The highest BCUT2D eigenvalue weighted by Gasteiger charge is 2.33. The quantitative estimate of drug-likeness (QED) is 0.828. The Morgan fingerprint density at radius 3 is 2.89 bits per heavy atom. The van der Waals surface area contributed by atoms with E-state index in [0.29, 0.717) is 6.04 Å². The van der Waals surface area contributed by atoms with Crippen molar-refractivity contribution in [3.8, 4) is 0 Å². The molecule has 0 bridgehead atoms. The van der Waals surface area contributed by atoms with Gasteiger partial charge in [0.2, 0.25) is 5.91 Å². The molecule has 2 aliphatic rings. The number of piperidine rings is 1. The number of nitrogens with two attached hydrogens (primary N) is 1. The highest BCUT2D eigenvalue weighted by molar-refractivity contribution is 5.83. The third kappa shape index (κ3) is 3.47. The van der Waals surface area contributed by atoms with Crippen LogP contribution in [0.5, 0.6) is 0 Å². The van der Waals surface area contributed by atoms with Crippen LogP contribution in [0, 0.1) is 5.41 Å². The largest absolute Gasteiger partial charge is 0.369 e. The Hall–Kier alpha value is -1.09. The first-order valence-electron chi connectivity index (χ1n) is 7.52. The molecule has 1 saturated heterocycles. The van der Waals surface area contributed by atoms with E-state index in [2.05, 4.69) is 11.8 Å². The van der Waals surface area contributed by atoms with Gasteiger partial charge in [-0.05, 0) is 52.1 Å². The normalized spacial score (nSPS) is 31.5. The molecule has 1 fully saturated rings. The molecule has 1 heterocycles. The molecule has 2 unspecified atom stereocenters. The second kappa shape index (κ2) is 6.38. The van der Waals surface area contributed by atoms with Crippen molar-refractivity contribution in [2.75, 3.05) is 13.1 Å². The highest BCUT2D eigenvalue weighted by Crippen LogP contribution is 2.33. The van der Waals surface area contributed by atoms with Crippen LogP contribution in [0.25, 0.3) is 0 Å². The molecule has 0 radical (unpaired) electrons. The van der Waals surface area contributed by atoms with E-state index in [-0.39, 0.29) is 5.91 Å². The second-order valence-electron chi connectivity index (χ2n) is 6.00. The van der Waals surface area contributed by atoms with Crippen molar-refractivity contribution in [3.63, 3.8) is 0 Å². The zero-order valence-electron chi connectivity index (χ0n) is 12.0. The molecule has 2 rings (SSSR count). The maximum Gasteiger partial charge on any atom is 0.227 e. The number of hydrogen-bond acceptors (Lipinski definition) is 2. The minimum absolute atomic E-state index is 0.181. The summed E-state index contributed by atoms with van der Waals surface area (Å²) in [5, 5.41) is 0. The smallest absolute Gasteiger partial charge is 0.227 e. The molecule has 0 spiro atoms. The number of allylic oxidation sites excluding steroid dienone is 3. The van der Waals surface area contributed by atoms with Crippen LogP contribution >= 0.6 is 0 Å². The molecule has 1 amide bonds. The van der Waals surface area contributed by atoms with Crippen molar-refractivity contribution in [2.45, 2.75) is 51.5 Å². The van der Waals surface area contributed by atoms with Crippen LogP contribution in [0.3, 0.4) is 0 Å². The van der Waals surface area contributed by atoms with Crippen LogP contribution in [0.15, 0.2) is 24.3 Å². The van der Waals surface area contributed by atoms with Gasteiger partial charge in [0.15, 0.2) is 0 Å². The molecule has 1 aliphatic heterocycles. The number of hydrogen-bond donors (Lipinski definition) is 1. The molecular formula is C16H26N2O. The van der Waals surface area contributed by atoms with E-state index in [1.54, 1.807) is 0 Å². The monoisotopic (exact) mass is 262 g/mol. The molecule has 106 valence electrons. The topological polar surface area (TPSA) is 46.3 Å². The van der Waals surface area contributed by atoms with Gasteiger partial charge in [0.25, 0.3) is 0 Å². The van der Waals surface area contributed by atoms with Crippen molar-refractivity contribution in [1.29, 1.82) is 0 Å². The van der Waals surface area contributed by atoms with E-state index in [4.69, 9.17) is 5.73 Å². The summed E-state index contributed by atoms with van der Waals surface area (Å²) >= 11 is 0. The van der Waals surface area contributed by atoms with E-state index in [0.717, 1.165) is 25.8 Å². The molecule has 3 nitrogen and oxygen atoms in total. The summed E-state index contributed by atoms with van der Waals surface area (Å²) in [6, 6.07) is 0.695. The Labute approximate surface area is 116 Å². The Morgan fingerprint density at radius 2 is 2.26 bits per heavy atom. The fraction of sp³-hybridized carbons (Fsp3) is 0.688. The summed E-state index contributed by atoms with van der Waals surface area (Å²) in [5.74, 6) is -0.181. The Bertz CT molecular complexity index is 375. The van der Waals surface area contributed by atoms with Gasteiger partial charge >= 0.3 is 0 Å². The first-order chi connectivity index (χ1) is 9.14. The number of primary amides is 1. The van der Waals surface area contributed by atoms with Gasteiger partial charge in [-0.15, -0.1) is 0 Å². The van der Waals surface area contributed by atoms with Gasteiger partial charge in [-0.1, -0.05) is 30.7 Å². The average Bonchev–Trinajstić information content (AvgIpc) is 2.42. The lowest BCUT2D eigenvalue weighted by Gasteiger charge is -2.34. The van der Waals surface area contributed by atoms with Crippen LogP contribution in [0.2, 0.25) is 0 Å². The number of rotatable bonds is 5. The Kier molecular flexibility index (Phi) is 4.81. The van der Waals surface area contributed by atoms with Gasteiger partial charge in [-0.3, -0.25) is 4.79 Å². The van der Waals surface area contributed by atoms with E-state index < -0.39 is 5.41 Å². The molecule has 0 aromatic carbocycles. The lowest BCUT2D eigenvalue weighted by Crippen LogP contribution is -2.40. The predicted octanol–water partition coefficient (Wildman–Crippen LogP) is 2.63. The number of carbonyl (C=O) groups is 1. The van der Waals surface area contributed by atoms with Gasteiger partial charge in [0.05, 0.1) is 5.41 Å². The maximum atomic E-state index is 11.7. The van der Waals surface area contributed by atoms with Crippen LogP contribution in [0.1, 0.15) is 45.4 Å². The summed E-state index contributed by atoms with van der Waals surface area (Å²) in [7, 11) is 0. The molecular weight excluding hydrogens is 236 g/mol. The van der Waals surface area contributed by atoms with E-state index in [1.807, 2.05) is 24.3 Å². The minimum Gasteiger partial charge on any atom is -0.369 e. The molecule has 2 atom stereocenters. The van der Waals surface area contributed by atoms with Crippen molar-refractivity contribution in [2.24, 2.45) is 11.1 Å². The summed E-state index contributed by atoms with van der Waals surface area (Å²) in [6.45, 7) is 4.61. The molecule has 1 aliphatic carbocycles. The average molecular weight is 262 g/mol. The SMILES string of the molecule is CC1CCCCN1CCCC1(C(N)=O)C=CC=CC1. The van der Waals surface area contributed by atoms with E-state index in [9.17, 15) is 4.79 Å². The third-order valence-corrected chi connectivity index (χ3v) is 4.64. The number of carbonyl (C=O) groups excluding carboxylic acids is 1. The van der Waals surface area contributed by atoms with Crippen molar-refractivity contribution >= 4 is 5.91 Å². The molecule has 2 N–H and O–H groups in total. The number of amides is 1. The van der Waals surface area contributed by atoms with Gasteiger partial charge in [0.1, 0.15) is 0 Å². The summed E-state index contributed by atoms with van der Waals surface area (Å²) in [5.41, 5.74) is 5.17. The fourth-order valence-corrected chi connectivity index (χ4v) is 3.24. The third-order valence-electron chi connectivity index (χ3n) is 4.64. The zero-order chi connectivity index (χ0) is 13.7. The van der Waals surface area contributed by atoms with Gasteiger partial charge in [-0.2, -0.15) is 0 Å².